The minimum Gasteiger partial charge on any atom is -0.433 e. The smallest absolute Gasteiger partial charge is 0.311 e. The van der Waals surface area contributed by atoms with E-state index in [1.807, 2.05) is 6.92 Å². The van der Waals surface area contributed by atoms with E-state index >= 15 is 0 Å². The first-order chi connectivity index (χ1) is 9.86. The third kappa shape index (κ3) is 5.39. The lowest BCUT2D eigenvalue weighted by Crippen LogP contribution is -2.54. The van der Waals surface area contributed by atoms with Crippen LogP contribution in [0.2, 0.25) is 0 Å². The molecule has 1 fully saturated rings. The first kappa shape index (κ1) is 18.1. The molecule has 5 atom stereocenters. The topological polar surface area (TPSA) is 96.2 Å². The molecule has 122 valence electrons. The van der Waals surface area contributed by atoms with Crippen LogP contribution in [0.5, 0.6) is 0 Å². The molecule has 0 radical (unpaired) electrons. The molecule has 21 heavy (non-hydrogen) atoms. The van der Waals surface area contributed by atoms with Gasteiger partial charge in [0.1, 0.15) is 18.3 Å². The molecule has 1 saturated heterocycles. The zero-order chi connectivity index (χ0) is 16.0. The molecule has 0 spiro atoms. The Kier molecular flexibility index (Phi) is 7.31. The minimum atomic E-state index is -1.44. The van der Waals surface area contributed by atoms with E-state index in [9.17, 15) is 20.1 Å². The summed E-state index contributed by atoms with van der Waals surface area (Å²) >= 11 is 0. The molecule has 0 aromatic carbocycles. The van der Waals surface area contributed by atoms with Crippen molar-refractivity contribution < 1.29 is 29.6 Å². The zero-order valence-electron chi connectivity index (χ0n) is 12.7. The molecule has 3 N–H and O–H groups in total. The van der Waals surface area contributed by atoms with Gasteiger partial charge in [-0.15, -0.1) is 0 Å². The number of esters is 1. The van der Waals surface area contributed by atoms with Crippen LogP contribution in [0.15, 0.2) is 12.2 Å². The Morgan fingerprint density at radius 2 is 2.05 bits per heavy atom. The van der Waals surface area contributed by atoms with Crippen molar-refractivity contribution in [3.8, 4) is 0 Å². The fourth-order valence-electron chi connectivity index (χ4n) is 2.07. The summed E-state index contributed by atoms with van der Waals surface area (Å²) in [5, 5.41) is 28.5. The summed E-state index contributed by atoms with van der Waals surface area (Å²) in [6, 6.07) is 0. The van der Waals surface area contributed by atoms with E-state index in [2.05, 4.69) is 6.58 Å². The Morgan fingerprint density at radius 3 is 2.67 bits per heavy atom. The van der Waals surface area contributed by atoms with Crippen molar-refractivity contribution in [1.29, 1.82) is 0 Å². The zero-order valence-corrected chi connectivity index (χ0v) is 12.7. The number of hydrogen-bond donors (Lipinski definition) is 3. The van der Waals surface area contributed by atoms with Crippen molar-refractivity contribution in [3.05, 3.63) is 12.2 Å². The van der Waals surface area contributed by atoms with Gasteiger partial charge in [-0.1, -0.05) is 26.0 Å². The maximum Gasteiger partial charge on any atom is 0.311 e. The predicted octanol–water partition coefficient (Wildman–Crippen LogP) is 0.741. The number of aliphatic hydroxyl groups excluding tert-OH is 3. The van der Waals surface area contributed by atoms with E-state index in [1.54, 1.807) is 6.92 Å². The van der Waals surface area contributed by atoms with Crippen LogP contribution >= 0.6 is 0 Å². The summed E-state index contributed by atoms with van der Waals surface area (Å²) in [7, 11) is 0. The summed E-state index contributed by atoms with van der Waals surface area (Å²) in [6.45, 7) is 7.52. The molecule has 0 saturated carbocycles. The van der Waals surface area contributed by atoms with Gasteiger partial charge >= 0.3 is 5.97 Å². The molecule has 0 amide bonds. The monoisotopic (exact) mass is 302 g/mol. The van der Waals surface area contributed by atoms with Gasteiger partial charge in [0.2, 0.25) is 6.29 Å². The maximum atomic E-state index is 11.9. The van der Waals surface area contributed by atoms with E-state index in [4.69, 9.17) is 9.47 Å². The second kappa shape index (κ2) is 8.48. The summed E-state index contributed by atoms with van der Waals surface area (Å²) in [4.78, 5) is 11.9. The lowest BCUT2D eigenvalue weighted by molar-refractivity contribution is -0.264. The average molecular weight is 302 g/mol. The molecular formula is C15H26O6. The normalized spacial score (nSPS) is 30.7. The summed E-state index contributed by atoms with van der Waals surface area (Å²) in [6.07, 6.45) is -1.91. The van der Waals surface area contributed by atoms with Gasteiger partial charge < -0.3 is 24.8 Å². The SMILES string of the molecule is C=C(CC)CCCC(C)C(=O)OC1OCC(O)C(O)C1O. The molecular weight excluding hydrogens is 276 g/mol. The third-order valence-corrected chi connectivity index (χ3v) is 3.76. The highest BCUT2D eigenvalue weighted by molar-refractivity contribution is 5.72. The van der Waals surface area contributed by atoms with Crippen LogP contribution in [0.25, 0.3) is 0 Å². The molecule has 0 bridgehead atoms. The van der Waals surface area contributed by atoms with Crippen LogP contribution in [-0.2, 0) is 14.3 Å². The number of carbonyl (C=O) groups is 1. The number of hydrogen-bond acceptors (Lipinski definition) is 6. The van der Waals surface area contributed by atoms with E-state index in [-0.39, 0.29) is 12.5 Å². The Morgan fingerprint density at radius 1 is 1.38 bits per heavy atom. The summed E-state index contributed by atoms with van der Waals surface area (Å²) in [5.41, 5.74) is 1.15. The van der Waals surface area contributed by atoms with Crippen molar-refractivity contribution in [1.82, 2.24) is 0 Å². The van der Waals surface area contributed by atoms with Crippen molar-refractivity contribution in [3.63, 3.8) is 0 Å². The average Bonchev–Trinajstić information content (AvgIpc) is 2.47. The van der Waals surface area contributed by atoms with Gasteiger partial charge in [-0.05, 0) is 25.7 Å². The highest BCUT2D eigenvalue weighted by atomic mass is 16.7. The Balaban J connectivity index is 2.36. The number of rotatable bonds is 7. The maximum absolute atomic E-state index is 11.9. The van der Waals surface area contributed by atoms with Gasteiger partial charge in [-0.3, -0.25) is 4.79 Å². The van der Waals surface area contributed by atoms with Crippen molar-refractivity contribution in [2.24, 2.45) is 5.92 Å². The van der Waals surface area contributed by atoms with Gasteiger partial charge in [0.05, 0.1) is 12.5 Å². The predicted molar refractivity (Wildman–Crippen MR) is 76.3 cm³/mol. The van der Waals surface area contributed by atoms with Gasteiger partial charge in [0, 0.05) is 0 Å². The Hall–Kier alpha value is -0.950. The third-order valence-electron chi connectivity index (χ3n) is 3.76. The Bertz CT molecular complexity index is 356. The Labute approximate surface area is 125 Å². The highest BCUT2D eigenvalue weighted by Gasteiger charge is 2.40. The van der Waals surface area contributed by atoms with Gasteiger partial charge in [-0.2, -0.15) is 0 Å². The van der Waals surface area contributed by atoms with Gasteiger partial charge in [0.15, 0.2) is 0 Å². The molecule has 6 heteroatoms. The lowest BCUT2D eigenvalue weighted by Gasteiger charge is -2.34. The number of aliphatic hydroxyl groups is 3. The fourth-order valence-corrected chi connectivity index (χ4v) is 2.07. The van der Waals surface area contributed by atoms with Crippen LogP contribution in [0, 0.1) is 5.92 Å². The fraction of sp³-hybridized carbons (Fsp3) is 0.800. The molecule has 6 nitrogen and oxygen atoms in total. The van der Waals surface area contributed by atoms with Crippen LogP contribution in [0.1, 0.15) is 39.5 Å². The van der Waals surface area contributed by atoms with E-state index in [0.717, 1.165) is 24.8 Å². The van der Waals surface area contributed by atoms with Crippen LogP contribution in [-0.4, -0.2) is 52.5 Å². The van der Waals surface area contributed by atoms with Crippen molar-refractivity contribution in [2.75, 3.05) is 6.61 Å². The molecule has 5 unspecified atom stereocenters. The summed E-state index contributed by atoms with van der Waals surface area (Å²) in [5.74, 6) is -0.806. The highest BCUT2D eigenvalue weighted by Crippen LogP contribution is 2.20. The van der Waals surface area contributed by atoms with Gasteiger partial charge in [-0.25, -0.2) is 0 Å². The molecule has 0 aliphatic carbocycles. The van der Waals surface area contributed by atoms with Crippen molar-refractivity contribution >= 4 is 5.97 Å². The second-order valence-electron chi connectivity index (χ2n) is 5.58. The standard InChI is InChI=1S/C15H26O6/c1-4-9(2)6-5-7-10(3)14(19)21-15-13(18)12(17)11(16)8-20-15/h10-13,15-18H,2,4-8H2,1,3H3. The van der Waals surface area contributed by atoms with Gasteiger partial charge in [0.25, 0.3) is 0 Å². The number of carbonyl (C=O) groups excluding carboxylic acids is 1. The summed E-state index contributed by atoms with van der Waals surface area (Å²) < 4.78 is 10.1. The largest absolute Gasteiger partial charge is 0.433 e. The number of allylic oxidation sites excluding steroid dienone is 1. The van der Waals surface area contributed by atoms with Crippen molar-refractivity contribution in [2.45, 2.75) is 64.1 Å². The first-order valence-corrected chi connectivity index (χ1v) is 7.39. The first-order valence-electron chi connectivity index (χ1n) is 7.39. The lowest BCUT2D eigenvalue weighted by atomic mass is 10.0. The molecule has 1 aliphatic heterocycles. The van der Waals surface area contributed by atoms with Crippen LogP contribution < -0.4 is 0 Å². The van der Waals surface area contributed by atoms with Crippen LogP contribution in [0.3, 0.4) is 0 Å². The molecule has 0 aromatic heterocycles. The van der Waals surface area contributed by atoms with Crippen LogP contribution in [0.4, 0.5) is 0 Å². The molecule has 0 aromatic rings. The van der Waals surface area contributed by atoms with E-state index in [1.165, 1.54) is 0 Å². The second-order valence-corrected chi connectivity index (χ2v) is 5.58. The number of ether oxygens (including phenoxy) is 2. The molecule has 1 heterocycles. The quantitative estimate of drug-likeness (QED) is 0.474. The van der Waals surface area contributed by atoms with E-state index in [0.29, 0.717) is 6.42 Å². The van der Waals surface area contributed by atoms with E-state index < -0.39 is 30.6 Å². The minimum absolute atomic E-state index is 0.180. The molecule has 1 aliphatic rings. The molecule has 1 rings (SSSR count).